The Hall–Kier alpha value is -3.28. The fourth-order valence-electron chi connectivity index (χ4n) is 2.52. The number of aromatic amines is 1. The van der Waals surface area contributed by atoms with Gasteiger partial charge in [-0.1, -0.05) is 36.4 Å². The summed E-state index contributed by atoms with van der Waals surface area (Å²) in [5, 5.41) is 16.2. The normalized spacial score (nSPS) is 10.9. The number of nitrogens with one attached hydrogen (secondary N) is 1. The van der Waals surface area contributed by atoms with Gasteiger partial charge in [0.2, 0.25) is 5.65 Å². The van der Waals surface area contributed by atoms with E-state index in [0.29, 0.717) is 11.5 Å². The Morgan fingerprint density at radius 1 is 0.909 bits per heavy atom. The second-order valence-corrected chi connectivity index (χ2v) is 4.87. The average molecular weight is 288 g/mol. The summed E-state index contributed by atoms with van der Waals surface area (Å²) in [5.74, 6) is 0.473. The highest BCUT2D eigenvalue weighted by Crippen LogP contribution is 2.36. The van der Waals surface area contributed by atoms with E-state index < -0.39 is 0 Å². The van der Waals surface area contributed by atoms with Crippen molar-refractivity contribution in [3.63, 3.8) is 0 Å². The first-order chi connectivity index (χ1) is 10.8. The summed E-state index contributed by atoms with van der Waals surface area (Å²) >= 11 is 0. The summed E-state index contributed by atoms with van der Waals surface area (Å²) < 4.78 is 0. The van der Waals surface area contributed by atoms with Crippen molar-refractivity contribution in [2.45, 2.75) is 0 Å². The van der Waals surface area contributed by atoms with Gasteiger partial charge in [0.15, 0.2) is 0 Å². The molecule has 4 rings (SSSR count). The van der Waals surface area contributed by atoms with Crippen LogP contribution >= 0.6 is 0 Å². The fourth-order valence-corrected chi connectivity index (χ4v) is 2.52. The molecule has 0 aliphatic carbocycles. The Labute approximate surface area is 126 Å². The van der Waals surface area contributed by atoms with E-state index in [1.165, 1.54) is 0 Å². The van der Waals surface area contributed by atoms with Gasteiger partial charge in [0.05, 0.1) is 5.39 Å². The monoisotopic (exact) mass is 288 g/mol. The molecule has 22 heavy (non-hydrogen) atoms. The summed E-state index contributed by atoms with van der Waals surface area (Å²) in [6.07, 6.45) is 3.52. The molecule has 4 aromatic rings. The van der Waals surface area contributed by atoms with Gasteiger partial charge < -0.3 is 5.73 Å². The molecule has 106 valence electrons. The lowest BCUT2D eigenvalue weighted by atomic mass is 9.98. The van der Waals surface area contributed by atoms with Crippen molar-refractivity contribution < 1.29 is 0 Å². The van der Waals surface area contributed by atoms with Gasteiger partial charge in [0.1, 0.15) is 11.5 Å². The van der Waals surface area contributed by atoms with E-state index in [0.717, 1.165) is 27.8 Å². The predicted molar refractivity (Wildman–Crippen MR) is 84.8 cm³/mol. The molecule has 1 aromatic carbocycles. The molecule has 0 aliphatic rings. The second-order valence-electron chi connectivity index (χ2n) is 4.87. The lowest BCUT2D eigenvalue weighted by Gasteiger charge is -2.09. The van der Waals surface area contributed by atoms with Crippen LogP contribution in [-0.2, 0) is 0 Å². The number of nitrogens with two attached hydrogens (primary N) is 1. The van der Waals surface area contributed by atoms with Crippen LogP contribution in [0.4, 0.5) is 5.82 Å². The van der Waals surface area contributed by atoms with Gasteiger partial charge in [-0.2, -0.15) is 5.10 Å². The molecular formula is C16H12N6. The molecule has 0 bridgehead atoms. The summed E-state index contributed by atoms with van der Waals surface area (Å²) in [5.41, 5.74) is 10.1. The molecule has 0 fully saturated rings. The first-order valence-electron chi connectivity index (χ1n) is 6.80. The third-order valence-electron chi connectivity index (χ3n) is 3.50. The molecule has 0 saturated carbocycles. The second kappa shape index (κ2) is 4.92. The summed E-state index contributed by atoms with van der Waals surface area (Å²) in [6.45, 7) is 0. The van der Waals surface area contributed by atoms with Gasteiger partial charge in [-0.25, -0.2) is 0 Å². The van der Waals surface area contributed by atoms with Crippen molar-refractivity contribution in [1.82, 2.24) is 25.4 Å². The van der Waals surface area contributed by atoms with E-state index in [2.05, 4.69) is 25.4 Å². The van der Waals surface area contributed by atoms with Crippen LogP contribution in [0.25, 0.3) is 33.4 Å². The maximum absolute atomic E-state index is 6.06. The van der Waals surface area contributed by atoms with Crippen molar-refractivity contribution in [2.75, 3.05) is 5.73 Å². The molecule has 0 saturated heterocycles. The maximum atomic E-state index is 6.06. The minimum atomic E-state index is 0.473. The highest BCUT2D eigenvalue weighted by Gasteiger charge is 2.18. The average Bonchev–Trinajstić information content (AvgIpc) is 2.97. The van der Waals surface area contributed by atoms with Crippen LogP contribution in [0, 0.1) is 0 Å². The number of fused-ring (bicyclic) bond motifs is 1. The van der Waals surface area contributed by atoms with Crippen molar-refractivity contribution in [3.8, 4) is 22.4 Å². The first kappa shape index (κ1) is 12.5. The number of benzene rings is 1. The van der Waals surface area contributed by atoms with Crippen molar-refractivity contribution in [3.05, 3.63) is 54.9 Å². The number of nitrogens with zero attached hydrogens (tertiary/aromatic N) is 4. The number of nitrogen functional groups attached to an aromatic ring is 1. The molecule has 3 aromatic heterocycles. The van der Waals surface area contributed by atoms with Crippen molar-refractivity contribution in [1.29, 1.82) is 0 Å². The highest BCUT2D eigenvalue weighted by atomic mass is 15.2. The number of hydrogen-bond acceptors (Lipinski definition) is 5. The topological polar surface area (TPSA) is 93.4 Å². The molecule has 0 spiro atoms. The standard InChI is InChI=1S/C16H12N6/c17-15-13-12(11-7-4-8-18-9-11)14(10-5-2-1-3-6-10)19-21-16(13)22-20-15/h1-9H,(H3,17,20,21,22). The SMILES string of the molecule is Nc1[nH]nc2nnc(-c3ccccc3)c(-c3cccnc3)c12. The lowest BCUT2D eigenvalue weighted by Crippen LogP contribution is -1.96. The summed E-state index contributed by atoms with van der Waals surface area (Å²) in [7, 11) is 0. The first-order valence-corrected chi connectivity index (χ1v) is 6.80. The quantitative estimate of drug-likeness (QED) is 0.591. The van der Waals surface area contributed by atoms with Gasteiger partial charge in [-0.3, -0.25) is 10.1 Å². The molecule has 6 nitrogen and oxygen atoms in total. The molecular weight excluding hydrogens is 276 g/mol. The zero-order chi connectivity index (χ0) is 14.9. The molecule has 0 amide bonds. The molecule has 6 heteroatoms. The molecule has 0 radical (unpaired) electrons. The number of anilines is 1. The minimum absolute atomic E-state index is 0.473. The van der Waals surface area contributed by atoms with E-state index in [1.807, 2.05) is 42.5 Å². The minimum Gasteiger partial charge on any atom is -0.383 e. The largest absolute Gasteiger partial charge is 0.383 e. The molecule has 3 heterocycles. The lowest BCUT2D eigenvalue weighted by molar-refractivity contribution is 1.03. The third kappa shape index (κ3) is 1.89. The van der Waals surface area contributed by atoms with E-state index in [9.17, 15) is 0 Å². The van der Waals surface area contributed by atoms with Gasteiger partial charge in [-0.05, 0) is 6.07 Å². The van der Waals surface area contributed by atoms with Crippen molar-refractivity contribution in [2.24, 2.45) is 0 Å². The fraction of sp³-hybridized carbons (Fsp3) is 0. The third-order valence-corrected chi connectivity index (χ3v) is 3.50. The summed E-state index contributed by atoms with van der Waals surface area (Å²) in [4.78, 5) is 4.20. The van der Waals surface area contributed by atoms with Crippen LogP contribution in [0.5, 0.6) is 0 Å². The Kier molecular flexibility index (Phi) is 2.79. The van der Waals surface area contributed by atoms with Gasteiger partial charge >= 0.3 is 0 Å². The molecule has 0 atom stereocenters. The van der Waals surface area contributed by atoms with E-state index >= 15 is 0 Å². The number of hydrogen-bond donors (Lipinski definition) is 2. The van der Waals surface area contributed by atoms with Crippen molar-refractivity contribution >= 4 is 16.9 Å². The Morgan fingerprint density at radius 2 is 1.73 bits per heavy atom. The van der Waals surface area contributed by atoms with Gasteiger partial charge in [-0.15, -0.1) is 10.2 Å². The zero-order valence-electron chi connectivity index (χ0n) is 11.6. The Balaban J connectivity index is 2.11. The Morgan fingerprint density at radius 3 is 2.50 bits per heavy atom. The molecule has 0 unspecified atom stereocenters. The maximum Gasteiger partial charge on any atom is 0.205 e. The van der Waals surface area contributed by atoms with E-state index in [-0.39, 0.29) is 0 Å². The zero-order valence-corrected chi connectivity index (χ0v) is 11.6. The van der Waals surface area contributed by atoms with Crippen LogP contribution in [0.15, 0.2) is 54.9 Å². The van der Waals surface area contributed by atoms with Crippen LogP contribution in [-0.4, -0.2) is 25.4 Å². The van der Waals surface area contributed by atoms with E-state index in [1.54, 1.807) is 12.4 Å². The number of H-pyrrole nitrogens is 1. The van der Waals surface area contributed by atoms with Gasteiger partial charge in [0.25, 0.3) is 0 Å². The van der Waals surface area contributed by atoms with Crippen LogP contribution in [0.1, 0.15) is 0 Å². The number of aromatic nitrogens is 5. The highest BCUT2D eigenvalue weighted by molar-refractivity contribution is 6.04. The molecule has 0 aliphatic heterocycles. The van der Waals surface area contributed by atoms with Crippen LogP contribution in [0.2, 0.25) is 0 Å². The Bertz CT molecular complexity index is 931. The van der Waals surface area contributed by atoms with Gasteiger partial charge in [0, 0.05) is 29.1 Å². The van der Waals surface area contributed by atoms with E-state index in [4.69, 9.17) is 5.73 Å². The smallest absolute Gasteiger partial charge is 0.205 e. The predicted octanol–water partition coefficient (Wildman–Crippen LogP) is 2.66. The van der Waals surface area contributed by atoms with Crippen LogP contribution < -0.4 is 5.73 Å². The number of pyridine rings is 1. The van der Waals surface area contributed by atoms with Crippen LogP contribution in [0.3, 0.4) is 0 Å². The summed E-state index contributed by atoms with van der Waals surface area (Å²) in [6, 6.07) is 13.7. The molecule has 3 N–H and O–H groups in total. The number of rotatable bonds is 2.